The molecular formula is C13H20N2O2. The fourth-order valence-electron chi connectivity index (χ4n) is 1.31. The van der Waals surface area contributed by atoms with Gasteiger partial charge in [0.1, 0.15) is 0 Å². The fourth-order valence-corrected chi connectivity index (χ4v) is 1.31. The molecule has 0 aromatic rings. The molecule has 17 heavy (non-hydrogen) atoms. The summed E-state index contributed by atoms with van der Waals surface area (Å²) in [5.41, 5.74) is 1.01. The van der Waals surface area contributed by atoms with Gasteiger partial charge >= 0.3 is 0 Å². The van der Waals surface area contributed by atoms with Crippen LogP contribution in [0, 0.1) is 0 Å². The highest BCUT2D eigenvalue weighted by molar-refractivity contribution is 5.83. The molecule has 0 aliphatic rings. The Bertz CT molecular complexity index is 332. The Balaban J connectivity index is 4.08. The largest absolute Gasteiger partial charge is 0.352 e. The lowest BCUT2D eigenvalue weighted by atomic mass is 10.1. The van der Waals surface area contributed by atoms with Crippen molar-refractivity contribution in [3.05, 3.63) is 37.0 Å². The van der Waals surface area contributed by atoms with Crippen molar-refractivity contribution in [2.45, 2.75) is 26.3 Å². The number of amides is 2. The quantitative estimate of drug-likeness (QED) is 0.655. The molecule has 0 saturated carbocycles. The Morgan fingerprint density at radius 3 is 2.47 bits per heavy atom. The van der Waals surface area contributed by atoms with Crippen molar-refractivity contribution in [3.63, 3.8) is 0 Å². The van der Waals surface area contributed by atoms with Gasteiger partial charge in [0, 0.05) is 13.0 Å². The molecule has 2 N–H and O–H groups in total. The van der Waals surface area contributed by atoms with Crippen molar-refractivity contribution in [3.8, 4) is 0 Å². The molecule has 0 aromatic carbocycles. The minimum absolute atomic E-state index is 0.00820. The Kier molecular flexibility index (Phi) is 7.43. The molecular weight excluding hydrogens is 216 g/mol. The average Bonchev–Trinajstić information content (AvgIpc) is 2.25. The molecule has 4 nitrogen and oxygen atoms in total. The van der Waals surface area contributed by atoms with E-state index in [0.717, 1.165) is 5.57 Å². The standard InChI is InChI=1S/C13H20N2O2/c1-5-7-12(6-2)8-10(3)15-13(17)9-14-11(4)16/h5-7,10H,1-2,8-9H2,3-4H3,(H,14,16)(H,15,17)/b12-7+/t10-/m0/s1. The number of nitrogens with one attached hydrogen (secondary N) is 2. The molecule has 0 rings (SSSR count). The number of rotatable bonds is 7. The highest BCUT2D eigenvalue weighted by Crippen LogP contribution is 2.06. The monoisotopic (exact) mass is 236 g/mol. The van der Waals surface area contributed by atoms with Gasteiger partial charge in [-0.1, -0.05) is 31.4 Å². The van der Waals surface area contributed by atoms with Crippen LogP contribution in [0.5, 0.6) is 0 Å². The lowest BCUT2D eigenvalue weighted by Gasteiger charge is -2.14. The van der Waals surface area contributed by atoms with E-state index >= 15 is 0 Å². The summed E-state index contributed by atoms with van der Waals surface area (Å²) in [4.78, 5) is 22.0. The van der Waals surface area contributed by atoms with Crippen molar-refractivity contribution in [2.24, 2.45) is 0 Å². The zero-order valence-electron chi connectivity index (χ0n) is 10.5. The zero-order chi connectivity index (χ0) is 13.3. The van der Waals surface area contributed by atoms with E-state index in [1.807, 2.05) is 13.0 Å². The first kappa shape index (κ1) is 15.2. The van der Waals surface area contributed by atoms with Gasteiger partial charge in [-0.15, -0.1) is 0 Å². The summed E-state index contributed by atoms with van der Waals surface area (Å²) in [7, 11) is 0. The molecule has 0 fully saturated rings. The predicted molar refractivity (Wildman–Crippen MR) is 69.4 cm³/mol. The molecule has 0 aliphatic heterocycles. The van der Waals surface area contributed by atoms with E-state index in [9.17, 15) is 9.59 Å². The van der Waals surface area contributed by atoms with Crippen molar-refractivity contribution < 1.29 is 9.59 Å². The normalized spacial score (nSPS) is 12.5. The Morgan fingerprint density at radius 1 is 1.35 bits per heavy atom. The molecule has 0 unspecified atom stereocenters. The summed E-state index contributed by atoms with van der Waals surface area (Å²) in [6, 6.07) is -0.0135. The van der Waals surface area contributed by atoms with Crippen molar-refractivity contribution >= 4 is 11.8 Å². The van der Waals surface area contributed by atoms with Crippen LogP contribution in [0.25, 0.3) is 0 Å². The molecule has 1 atom stereocenters. The zero-order valence-corrected chi connectivity index (χ0v) is 10.5. The van der Waals surface area contributed by atoms with Crippen molar-refractivity contribution in [1.82, 2.24) is 10.6 Å². The van der Waals surface area contributed by atoms with Crippen LogP contribution in [0.15, 0.2) is 37.0 Å². The second-order valence-corrected chi connectivity index (χ2v) is 3.76. The van der Waals surface area contributed by atoms with Gasteiger partial charge in [0.05, 0.1) is 6.54 Å². The molecule has 0 bridgehead atoms. The Morgan fingerprint density at radius 2 is 2.00 bits per heavy atom. The first-order valence-electron chi connectivity index (χ1n) is 5.47. The molecule has 94 valence electrons. The maximum atomic E-state index is 11.4. The number of allylic oxidation sites excluding steroid dienone is 3. The number of hydrogen-bond acceptors (Lipinski definition) is 2. The Hall–Kier alpha value is -1.84. The van der Waals surface area contributed by atoms with E-state index in [2.05, 4.69) is 23.8 Å². The van der Waals surface area contributed by atoms with Crippen LogP contribution in [0.1, 0.15) is 20.3 Å². The van der Waals surface area contributed by atoms with Crippen LogP contribution in [0.2, 0.25) is 0 Å². The molecule has 0 heterocycles. The highest BCUT2D eigenvalue weighted by atomic mass is 16.2. The van der Waals surface area contributed by atoms with Gasteiger partial charge in [-0.25, -0.2) is 0 Å². The van der Waals surface area contributed by atoms with E-state index in [0.29, 0.717) is 6.42 Å². The first-order chi connectivity index (χ1) is 7.99. The van der Waals surface area contributed by atoms with E-state index in [4.69, 9.17) is 0 Å². The smallest absolute Gasteiger partial charge is 0.239 e. The predicted octanol–water partition coefficient (Wildman–Crippen LogP) is 1.32. The second kappa shape index (κ2) is 8.33. The highest BCUT2D eigenvalue weighted by Gasteiger charge is 2.08. The maximum absolute atomic E-state index is 11.4. The summed E-state index contributed by atoms with van der Waals surface area (Å²) in [5.74, 6) is -0.416. The summed E-state index contributed by atoms with van der Waals surface area (Å²) in [6.07, 6.45) is 5.95. The molecule has 4 heteroatoms. The summed E-state index contributed by atoms with van der Waals surface area (Å²) >= 11 is 0. The molecule has 0 spiro atoms. The number of carbonyl (C=O) groups is 2. The van der Waals surface area contributed by atoms with Gasteiger partial charge < -0.3 is 10.6 Å². The third-order valence-corrected chi connectivity index (χ3v) is 2.04. The number of carbonyl (C=O) groups excluding carboxylic acids is 2. The molecule has 0 aromatic heterocycles. The third-order valence-electron chi connectivity index (χ3n) is 2.04. The number of hydrogen-bond donors (Lipinski definition) is 2. The first-order valence-corrected chi connectivity index (χ1v) is 5.47. The van der Waals surface area contributed by atoms with E-state index in [1.54, 1.807) is 12.2 Å². The van der Waals surface area contributed by atoms with Gasteiger partial charge in [-0.3, -0.25) is 9.59 Å². The van der Waals surface area contributed by atoms with Crippen LogP contribution >= 0.6 is 0 Å². The van der Waals surface area contributed by atoms with Crippen LogP contribution in [-0.2, 0) is 9.59 Å². The lowest BCUT2D eigenvalue weighted by Crippen LogP contribution is -2.40. The Labute approximate surface area is 102 Å². The summed E-state index contributed by atoms with van der Waals surface area (Å²) in [5, 5.41) is 5.22. The minimum atomic E-state index is -0.217. The van der Waals surface area contributed by atoms with E-state index < -0.39 is 0 Å². The molecule has 0 aliphatic carbocycles. The van der Waals surface area contributed by atoms with Crippen molar-refractivity contribution in [1.29, 1.82) is 0 Å². The van der Waals surface area contributed by atoms with Gasteiger partial charge in [0.15, 0.2) is 0 Å². The SMILES string of the molecule is C=C/C=C(\C=C)C[C@H](C)NC(=O)CNC(C)=O. The fraction of sp³-hybridized carbons (Fsp3) is 0.385. The van der Waals surface area contributed by atoms with Crippen LogP contribution in [0.3, 0.4) is 0 Å². The van der Waals surface area contributed by atoms with E-state index in [-0.39, 0.29) is 24.4 Å². The van der Waals surface area contributed by atoms with Crippen LogP contribution in [-0.4, -0.2) is 24.4 Å². The van der Waals surface area contributed by atoms with Gasteiger partial charge in [0.2, 0.25) is 11.8 Å². The molecule has 0 saturated heterocycles. The topological polar surface area (TPSA) is 58.2 Å². The van der Waals surface area contributed by atoms with Crippen LogP contribution in [0.4, 0.5) is 0 Å². The van der Waals surface area contributed by atoms with Crippen LogP contribution < -0.4 is 10.6 Å². The van der Waals surface area contributed by atoms with Gasteiger partial charge in [-0.05, 0) is 18.9 Å². The van der Waals surface area contributed by atoms with Crippen molar-refractivity contribution in [2.75, 3.05) is 6.54 Å². The van der Waals surface area contributed by atoms with Gasteiger partial charge in [-0.2, -0.15) is 0 Å². The lowest BCUT2D eigenvalue weighted by molar-refractivity contribution is -0.125. The van der Waals surface area contributed by atoms with E-state index in [1.165, 1.54) is 6.92 Å². The summed E-state index contributed by atoms with van der Waals surface area (Å²) in [6.45, 7) is 10.6. The molecule has 0 radical (unpaired) electrons. The summed E-state index contributed by atoms with van der Waals surface area (Å²) < 4.78 is 0. The minimum Gasteiger partial charge on any atom is -0.352 e. The third kappa shape index (κ3) is 8.02. The second-order valence-electron chi connectivity index (χ2n) is 3.76. The maximum Gasteiger partial charge on any atom is 0.239 e. The average molecular weight is 236 g/mol. The van der Waals surface area contributed by atoms with Gasteiger partial charge in [0.25, 0.3) is 0 Å². The molecule has 2 amide bonds.